The lowest BCUT2D eigenvalue weighted by Crippen LogP contribution is -2.51. The van der Waals surface area contributed by atoms with E-state index in [4.69, 9.17) is 32.7 Å². The Hall–Kier alpha value is -2.44. The molecule has 0 aliphatic carbocycles. The zero-order valence-electron chi connectivity index (χ0n) is 18.9. The van der Waals surface area contributed by atoms with Crippen molar-refractivity contribution in [3.05, 3.63) is 58.1 Å². The smallest absolute Gasteiger partial charge is 0.261 e. The first kappa shape index (κ1) is 25.8. The highest BCUT2D eigenvalue weighted by molar-refractivity contribution is 6.42. The van der Waals surface area contributed by atoms with E-state index in [-0.39, 0.29) is 31.0 Å². The summed E-state index contributed by atoms with van der Waals surface area (Å²) in [7, 11) is 1.58. The molecule has 0 spiro atoms. The Labute approximate surface area is 199 Å². The van der Waals surface area contributed by atoms with Crippen LogP contribution in [-0.4, -0.2) is 42.5 Å². The molecule has 0 radical (unpaired) electrons. The highest BCUT2D eigenvalue weighted by Crippen LogP contribution is 2.24. The summed E-state index contributed by atoms with van der Waals surface area (Å²) in [5, 5.41) is 3.79. The van der Waals surface area contributed by atoms with E-state index in [1.807, 2.05) is 20.8 Å². The maximum absolute atomic E-state index is 13.2. The predicted octanol–water partition coefficient (Wildman–Crippen LogP) is 5.10. The van der Waals surface area contributed by atoms with Crippen molar-refractivity contribution in [1.29, 1.82) is 0 Å². The van der Waals surface area contributed by atoms with Crippen LogP contribution in [0.3, 0.4) is 0 Å². The normalized spacial score (nSPS) is 12.6. The summed E-state index contributed by atoms with van der Waals surface area (Å²) in [5.41, 5.74) is 0.770. The van der Waals surface area contributed by atoms with E-state index < -0.39 is 6.04 Å². The maximum atomic E-state index is 13.2. The van der Waals surface area contributed by atoms with Crippen LogP contribution >= 0.6 is 23.2 Å². The molecule has 8 heteroatoms. The van der Waals surface area contributed by atoms with Crippen molar-refractivity contribution in [2.45, 2.75) is 52.2 Å². The Morgan fingerprint density at radius 2 is 1.66 bits per heavy atom. The van der Waals surface area contributed by atoms with Crippen LogP contribution in [0.4, 0.5) is 0 Å². The molecule has 2 aromatic carbocycles. The maximum Gasteiger partial charge on any atom is 0.261 e. The van der Waals surface area contributed by atoms with Gasteiger partial charge in [0.1, 0.15) is 17.5 Å². The molecule has 1 N–H and O–H groups in total. The second-order valence-electron chi connectivity index (χ2n) is 7.48. The standard InChI is InChI=1S/C24H30Cl2N2O4/c1-5-16(3)27-24(30)22(6-2)28(14-17-7-12-20(25)21(26)13-17)23(29)15-32-19-10-8-18(31-4)9-11-19/h7-13,16,22H,5-6,14-15H2,1-4H3,(H,27,30)/t16-,22-/m1/s1. The number of amides is 2. The van der Waals surface area contributed by atoms with Gasteiger partial charge >= 0.3 is 0 Å². The highest BCUT2D eigenvalue weighted by Gasteiger charge is 2.29. The van der Waals surface area contributed by atoms with Crippen molar-refractivity contribution in [1.82, 2.24) is 10.2 Å². The lowest BCUT2D eigenvalue weighted by molar-refractivity contribution is -0.143. The van der Waals surface area contributed by atoms with Gasteiger partial charge in [-0.15, -0.1) is 0 Å². The van der Waals surface area contributed by atoms with E-state index >= 15 is 0 Å². The van der Waals surface area contributed by atoms with Crippen molar-refractivity contribution in [3.8, 4) is 11.5 Å². The molecule has 32 heavy (non-hydrogen) atoms. The second kappa shape index (κ2) is 12.6. The molecule has 0 saturated carbocycles. The molecule has 0 aromatic heterocycles. The summed E-state index contributed by atoms with van der Waals surface area (Å²) in [6, 6.07) is 11.5. The van der Waals surface area contributed by atoms with Crippen LogP contribution in [-0.2, 0) is 16.1 Å². The van der Waals surface area contributed by atoms with Crippen molar-refractivity contribution in [3.63, 3.8) is 0 Å². The van der Waals surface area contributed by atoms with Gasteiger partial charge in [0.2, 0.25) is 5.91 Å². The zero-order valence-corrected chi connectivity index (χ0v) is 20.4. The summed E-state index contributed by atoms with van der Waals surface area (Å²) >= 11 is 12.2. The monoisotopic (exact) mass is 480 g/mol. The molecule has 0 aliphatic rings. The zero-order chi connectivity index (χ0) is 23.7. The molecule has 2 amide bonds. The number of rotatable bonds is 11. The lowest BCUT2D eigenvalue weighted by atomic mass is 10.1. The molecular weight excluding hydrogens is 451 g/mol. The van der Waals surface area contributed by atoms with Crippen molar-refractivity contribution in [2.24, 2.45) is 0 Å². The van der Waals surface area contributed by atoms with Crippen LogP contribution < -0.4 is 14.8 Å². The van der Waals surface area contributed by atoms with E-state index in [1.54, 1.807) is 49.6 Å². The number of methoxy groups -OCH3 is 1. The van der Waals surface area contributed by atoms with Gasteiger partial charge in [-0.2, -0.15) is 0 Å². The molecular formula is C24H30Cl2N2O4. The Bertz CT molecular complexity index is 905. The molecule has 2 rings (SSSR count). The second-order valence-corrected chi connectivity index (χ2v) is 8.29. The van der Waals surface area contributed by atoms with Crippen LogP contribution in [0.5, 0.6) is 11.5 Å². The van der Waals surface area contributed by atoms with Gasteiger partial charge in [0.05, 0.1) is 17.2 Å². The minimum absolute atomic E-state index is 0.00836. The minimum Gasteiger partial charge on any atom is -0.497 e. The quantitative estimate of drug-likeness (QED) is 0.485. The highest BCUT2D eigenvalue weighted by atomic mass is 35.5. The third kappa shape index (κ3) is 7.31. The average molecular weight is 481 g/mol. The first-order valence-electron chi connectivity index (χ1n) is 10.6. The van der Waals surface area contributed by atoms with Gasteiger partial charge in [0.15, 0.2) is 6.61 Å². The van der Waals surface area contributed by atoms with Crippen LogP contribution in [0.25, 0.3) is 0 Å². The summed E-state index contributed by atoms with van der Waals surface area (Å²) in [4.78, 5) is 27.7. The molecule has 0 bridgehead atoms. The number of halogens is 2. The third-order valence-electron chi connectivity index (χ3n) is 5.15. The number of nitrogens with one attached hydrogen (secondary N) is 1. The van der Waals surface area contributed by atoms with Crippen LogP contribution in [0.1, 0.15) is 39.2 Å². The van der Waals surface area contributed by atoms with E-state index in [9.17, 15) is 9.59 Å². The largest absolute Gasteiger partial charge is 0.497 e. The third-order valence-corrected chi connectivity index (χ3v) is 5.88. The number of nitrogens with zero attached hydrogens (tertiary/aromatic N) is 1. The van der Waals surface area contributed by atoms with Gasteiger partial charge in [-0.3, -0.25) is 9.59 Å². The van der Waals surface area contributed by atoms with Crippen molar-refractivity contribution in [2.75, 3.05) is 13.7 Å². The SMILES string of the molecule is CC[C@@H](C)NC(=O)[C@@H](CC)N(Cc1ccc(Cl)c(Cl)c1)C(=O)COc1ccc(OC)cc1. The van der Waals surface area contributed by atoms with E-state index in [1.165, 1.54) is 4.90 Å². The van der Waals surface area contributed by atoms with E-state index in [0.717, 1.165) is 12.0 Å². The predicted molar refractivity (Wildman–Crippen MR) is 127 cm³/mol. The van der Waals surface area contributed by atoms with Crippen molar-refractivity contribution >= 4 is 35.0 Å². The van der Waals surface area contributed by atoms with Crippen LogP contribution in [0.2, 0.25) is 10.0 Å². The number of carbonyl (C=O) groups is 2. The number of carbonyl (C=O) groups excluding carboxylic acids is 2. The Kier molecular flexibility index (Phi) is 10.1. The summed E-state index contributed by atoms with van der Waals surface area (Å²) in [5.74, 6) is 0.723. The Morgan fingerprint density at radius 3 is 2.22 bits per heavy atom. The molecule has 0 saturated heterocycles. The van der Waals surface area contributed by atoms with Gasteiger partial charge < -0.3 is 19.7 Å². The molecule has 2 aromatic rings. The van der Waals surface area contributed by atoms with Gasteiger partial charge in [-0.25, -0.2) is 0 Å². The summed E-state index contributed by atoms with van der Waals surface area (Å²) < 4.78 is 10.8. The minimum atomic E-state index is -0.648. The van der Waals surface area contributed by atoms with Gasteiger partial charge in [-0.05, 0) is 61.7 Å². The van der Waals surface area contributed by atoms with Gasteiger partial charge in [-0.1, -0.05) is 43.1 Å². The lowest BCUT2D eigenvalue weighted by Gasteiger charge is -2.31. The number of benzene rings is 2. The molecule has 6 nitrogen and oxygen atoms in total. The molecule has 0 heterocycles. The number of hydrogen-bond acceptors (Lipinski definition) is 4. The molecule has 174 valence electrons. The van der Waals surface area contributed by atoms with Gasteiger partial charge in [0, 0.05) is 12.6 Å². The first-order chi connectivity index (χ1) is 15.3. The van der Waals surface area contributed by atoms with E-state index in [0.29, 0.717) is 28.0 Å². The molecule has 0 fully saturated rings. The average Bonchev–Trinajstić information content (AvgIpc) is 2.79. The molecule has 2 atom stereocenters. The first-order valence-corrected chi connectivity index (χ1v) is 11.3. The molecule has 0 unspecified atom stereocenters. The fourth-order valence-electron chi connectivity index (χ4n) is 3.10. The topological polar surface area (TPSA) is 67.9 Å². The fourth-order valence-corrected chi connectivity index (χ4v) is 3.42. The Balaban J connectivity index is 2.22. The van der Waals surface area contributed by atoms with Crippen LogP contribution in [0.15, 0.2) is 42.5 Å². The van der Waals surface area contributed by atoms with Crippen molar-refractivity contribution < 1.29 is 19.1 Å². The summed E-state index contributed by atoms with van der Waals surface area (Å²) in [6.07, 6.45) is 1.25. The molecule has 0 aliphatic heterocycles. The van der Waals surface area contributed by atoms with Crippen LogP contribution in [0, 0.1) is 0 Å². The number of ether oxygens (including phenoxy) is 2. The summed E-state index contributed by atoms with van der Waals surface area (Å²) in [6.45, 7) is 5.80. The number of hydrogen-bond donors (Lipinski definition) is 1. The van der Waals surface area contributed by atoms with E-state index in [2.05, 4.69) is 5.32 Å². The fraction of sp³-hybridized carbons (Fsp3) is 0.417. The van der Waals surface area contributed by atoms with Gasteiger partial charge in [0.25, 0.3) is 5.91 Å². The Morgan fingerprint density at radius 1 is 1.00 bits per heavy atom.